The molecule has 7 nitrogen and oxygen atoms in total. The lowest BCUT2D eigenvalue weighted by Crippen LogP contribution is -2.39. The first kappa shape index (κ1) is 16.9. The number of carbonyl (C=O) groups excluding carboxylic acids is 1. The van der Waals surface area contributed by atoms with Gasteiger partial charge in [-0.3, -0.25) is 4.79 Å². The van der Waals surface area contributed by atoms with E-state index >= 15 is 0 Å². The lowest BCUT2D eigenvalue weighted by Gasteiger charge is -2.29. The summed E-state index contributed by atoms with van der Waals surface area (Å²) in [6.45, 7) is 1.76. The van der Waals surface area contributed by atoms with Gasteiger partial charge in [0.2, 0.25) is 5.91 Å². The van der Waals surface area contributed by atoms with Crippen LogP contribution in [0.25, 0.3) is 11.4 Å². The number of amides is 1. The van der Waals surface area contributed by atoms with Gasteiger partial charge in [0, 0.05) is 24.3 Å². The van der Waals surface area contributed by atoms with Gasteiger partial charge in [-0.25, -0.2) is 4.68 Å². The van der Waals surface area contributed by atoms with E-state index in [0.717, 1.165) is 42.9 Å². The Hall–Kier alpha value is -3.22. The molecule has 2 aliphatic rings. The summed E-state index contributed by atoms with van der Waals surface area (Å²) in [5.74, 6) is 0.924. The number of carbonyl (C=O) groups is 1. The van der Waals surface area contributed by atoms with Crippen molar-refractivity contribution >= 4 is 11.6 Å². The summed E-state index contributed by atoms with van der Waals surface area (Å²) >= 11 is 0. The third-order valence-corrected chi connectivity index (χ3v) is 5.46. The highest BCUT2D eigenvalue weighted by Crippen LogP contribution is 2.36. The number of nitrogens with zero attached hydrogens (tertiary/aromatic N) is 5. The zero-order valence-corrected chi connectivity index (χ0v) is 15.6. The Kier molecular flexibility index (Phi) is 4.27. The first-order valence-corrected chi connectivity index (χ1v) is 9.75. The Morgan fingerprint density at radius 1 is 1.07 bits per heavy atom. The molecule has 0 saturated heterocycles. The number of rotatable bonds is 5. The number of nitrogens with one attached hydrogen (secondary N) is 1. The monoisotopic (exact) mass is 374 g/mol. The van der Waals surface area contributed by atoms with E-state index in [-0.39, 0.29) is 5.91 Å². The van der Waals surface area contributed by atoms with Crippen molar-refractivity contribution in [2.24, 2.45) is 0 Å². The smallest absolute Gasteiger partial charge is 0.242 e. The highest BCUT2D eigenvalue weighted by Gasteiger charge is 2.28. The van der Waals surface area contributed by atoms with Crippen molar-refractivity contribution in [1.82, 2.24) is 25.1 Å². The number of fused-ring (bicyclic) bond motifs is 1. The van der Waals surface area contributed by atoms with E-state index in [1.807, 2.05) is 39.9 Å². The maximum Gasteiger partial charge on any atom is 0.242 e. The van der Waals surface area contributed by atoms with Crippen LogP contribution in [-0.2, 0) is 17.8 Å². The van der Waals surface area contributed by atoms with Gasteiger partial charge in [0.1, 0.15) is 0 Å². The van der Waals surface area contributed by atoms with Crippen LogP contribution in [0.15, 0.2) is 48.5 Å². The van der Waals surface area contributed by atoms with Crippen LogP contribution in [-0.4, -0.2) is 44.1 Å². The Balaban J connectivity index is 1.20. The van der Waals surface area contributed by atoms with E-state index in [9.17, 15) is 4.79 Å². The molecule has 1 amide bonds. The second-order valence-electron chi connectivity index (χ2n) is 7.44. The van der Waals surface area contributed by atoms with Crippen molar-refractivity contribution in [3.05, 3.63) is 59.7 Å². The molecule has 3 aromatic rings. The predicted molar refractivity (Wildman–Crippen MR) is 106 cm³/mol. The average molecular weight is 374 g/mol. The fraction of sp³-hybridized carbons (Fsp3) is 0.333. The molecule has 28 heavy (non-hydrogen) atoms. The minimum Gasteiger partial charge on any atom is -0.376 e. The zero-order chi connectivity index (χ0) is 18.9. The normalized spacial score (nSPS) is 15.9. The summed E-state index contributed by atoms with van der Waals surface area (Å²) in [6.07, 6.45) is 3.20. The standard InChI is InChI=1S/C21H22N6O/c28-20(26-12-11-15-3-1-2-4-17(15)14-26)13-22-18-7-5-16(6-8-18)21-23-24-25-27(21)19-9-10-19/h1-8,19,22H,9-14H2. The predicted octanol–water partition coefficient (Wildman–Crippen LogP) is 2.67. The van der Waals surface area contributed by atoms with Crippen LogP contribution in [0.1, 0.15) is 30.0 Å². The number of benzene rings is 2. The van der Waals surface area contributed by atoms with Gasteiger partial charge in [0.05, 0.1) is 12.6 Å². The maximum atomic E-state index is 12.6. The van der Waals surface area contributed by atoms with E-state index in [1.54, 1.807) is 0 Å². The van der Waals surface area contributed by atoms with Crippen molar-refractivity contribution in [1.29, 1.82) is 0 Å². The van der Waals surface area contributed by atoms with Gasteiger partial charge in [0.15, 0.2) is 5.82 Å². The van der Waals surface area contributed by atoms with Crippen LogP contribution in [0.3, 0.4) is 0 Å². The molecule has 2 aromatic carbocycles. The SMILES string of the molecule is O=C(CNc1ccc(-c2nnnn2C2CC2)cc1)N1CCc2ccccc2C1. The Morgan fingerprint density at radius 2 is 1.86 bits per heavy atom. The summed E-state index contributed by atoms with van der Waals surface area (Å²) in [6, 6.07) is 16.7. The van der Waals surface area contributed by atoms with E-state index in [4.69, 9.17) is 0 Å². The summed E-state index contributed by atoms with van der Waals surface area (Å²) < 4.78 is 1.90. The molecule has 1 N–H and O–H groups in total. The van der Waals surface area contributed by atoms with E-state index < -0.39 is 0 Å². The van der Waals surface area contributed by atoms with E-state index in [2.05, 4.69) is 39.0 Å². The molecule has 0 atom stereocenters. The Bertz CT molecular complexity index is 992. The molecule has 0 spiro atoms. The second kappa shape index (κ2) is 7.07. The van der Waals surface area contributed by atoms with Gasteiger partial charge in [-0.15, -0.1) is 5.10 Å². The quantitative estimate of drug-likeness (QED) is 0.743. The molecule has 1 aromatic heterocycles. The first-order valence-electron chi connectivity index (χ1n) is 9.75. The van der Waals surface area contributed by atoms with E-state index in [1.165, 1.54) is 11.1 Å². The van der Waals surface area contributed by atoms with Crippen molar-refractivity contribution < 1.29 is 4.79 Å². The maximum absolute atomic E-state index is 12.6. The topological polar surface area (TPSA) is 75.9 Å². The minimum atomic E-state index is 0.122. The Morgan fingerprint density at radius 3 is 2.64 bits per heavy atom. The minimum absolute atomic E-state index is 0.122. The zero-order valence-electron chi connectivity index (χ0n) is 15.6. The van der Waals surface area contributed by atoms with E-state index in [0.29, 0.717) is 19.1 Å². The third kappa shape index (κ3) is 3.35. The molecule has 0 bridgehead atoms. The van der Waals surface area contributed by atoms with Crippen molar-refractivity contribution in [2.45, 2.75) is 31.8 Å². The van der Waals surface area contributed by atoms with Crippen molar-refractivity contribution in [3.63, 3.8) is 0 Å². The lowest BCUT2D eigenvalue weighted by atomic mass is 10.00. The molecule has 0 unspecified atom stereocenters. The fourth-order valence-electron chi connectivity index (χ4n) is 3.68. The summed E-state index contributed by atoms with van der Waals surface area (Å²) in [4.78, 5) is 14.5. The lowest BCUT2D eigenvalue weighted by molar-refractivity contribution is -0.130. The highest BCUT2D eigenvalue weighted by atomic mass is 16.2. The summed E-state index contributed by atoms with van der Waals surface area (Å²) in [7, 11) is 0. The third-order valence-electron chi connectivity index (χ3n) is 5.46. The summed E-state index contributed by atoms with van der Waals surface area (Å²) in [5, 5.41) is 15.3. The van der Waals surface area contributed by atoms with Gasteiger partial charge in [0.25, 0.3) is 0 Å². The van der Waals surface area contributed by atoms with Gasteiger partial charge in [-0.1, -0.05) is 24.3 Å². The molecule has 5 rings (SSSR count). The number of hydrogen-bond acceptors (Lipinski definition) is 5. The molecular weight excluding hydrogens is 352 g/mol. The van der Waals surface area contributed by atoms with Crippen LogP contribution in [0.5, 0.6) is 0 Å². The number of anilines is 1. The Labute approximate surface area is 163 Å². The van der Waals surface area contributed by atoms with Gasteiger partial charge in [-0.05, 0) is 65.1 Å². The van der Waals surface area contributed by atoms with Gasteiger partial charge < -0.3 is 10.2 Å². The average Bonchev–Trinajstić information content (AvgIpc) is 3.48. The molecule has 1 saturated carbocycles. The van der Waals surface area contributed by atoms with Crippen LogP contribution < -0.4 is 5.32 Å². The van der Waals surface area contributed by atoms with Gasteiger partial charge >= 0.3 is 0 Å². The fourth-order valence-corrected chi connectivity index (χ4v) is 3.68. The molecule has 1 aliphatic carbocycles. The number of hydrogen-bond donors (Lipinski definition) is 1. The van der Waals surface area contributed by atoms with Crippen molar-refractivity contribution in [2.75, 3.05) is 18.4 Å². The second-order valence-corrected chi connectivity index (χ2v) is 7.44. The molecule has 1 fully saturated rings. The van der Waals surface area contributed by atoms with Crippen LogP contribution in [0, 0.1) is 0 Å². The number of aromatic nitrogens is 4. The highest BCUT2D eigenvalue weighted by molar-refractivity contribution is 5.81. The molecule has 7 heteroatoms. The van der Waals surface area contributed by atoms with Gasteiger partial charge in [-0.2, -0.15) is 0 Å². The van der Waals surface area contributed by atoms with Crippen LogP contribution >= 0.6 is 0 Å². The molecule has 1 aliphatic heterocycles. The molecule has 142 valence electrons. The number of tetrazole rings is 1. The molecule has 0 radical (unpaired) electrons. The molecular formula is C21H22N6O. The summed E-state index contributed by atoms with van der Waals surface area (Å²) in [5.41, 5.74) is 4.50. The molecule has 2 heterocycles. The van der Waals surface area contributed by atoms with Crippen LogP contribution in [0.4, 0.5) is 5.69 Å². The first-order chi connectivity index (χ1) is 13.8. The van der Waals surface area contributed by atoms with Crippen LogP contribution in [0.2, 0.25) is 0 Å². The van der Waals surface area contributed by atoms with Crippen molar-refractivity contribution in [3.8, 4) is 11.4 Å². The largest absolute Gasteiger partial charge is 0.376 e.